The molecular weight excluding hydrogens is 1050 g/mol. The SMILES string of the molecule is NCCN([C@@H](CC(=O)[O-])C(=O)[O-])[C@@H](CC(=O)[O-])C(=O)[O-].NCCN([C@@H](CC(=O)[O-])C(=O)[O-])[C@@H](CC(=O)[O-])C(=O)[O-].NCCN([C@@H](CC(=O)[O-])C(=O)[O-])[C@@H](CC(=O)[O-])C(=O)[O-].[Fe+3].[Fe+3].[Fe+3].[Fe+3]. The summed E-state index contributed by atoms with van der Waals surface area (Å²) >= 11 is 0. The first-order chi connectivity index (χ1) is 27.6. The summed E-state index contributed by atoms with van der Waals surface area (Å²) < 4.78 is 0. The molecule has 0 aliphatic heterocycles. The number of rotatable bonds is 30. The molecule has 6 atom stereocenters. The second-order valence-electron chi connectivity index (χ2n) is 11.5. The maximum absolute atomic E-state index is 10.9. The van der Waals surface area contributed by atoms with Gasteiger partial charge in [0.05, 0.1) is 72.1 Å². The molecule has 0 aliphatic rings. The first-order valence-corrected chi connectivity index (χ1v) is 16.4. The molecule has 0 unspecified atom stereocenters. The van der Waals surface area contributed by atoms with Crippen LogP contribution in [0.2, 0.25) is 0 Å². The van der Waals surface area contributed by atoms with E-state index in [-0.39, 0.29) is 87.9 Å². The number of carboxylic acid groups (broad SMARTS) is 12. The fourth-order valence-corrected chi connectivity index (χ4v) is 5.00. The Hall–Kier alpha value is -4.52. The summed E-state index contributed by atoms with van der Waals surface area (Å²) in [6.45, 7) is -1.90. The number of carbonyl (C=O) groups excluding carboxylic acids is 12. The zero-order chi connectivity index (χ0) is 47.6. The van der Waals surface area contributed by atoms with Crippen molar-refractivity contribution >= 4 is 71.6 Å². The third-order valence-electron chi connectivity index (χ3n) is 7.36. The van der Waals surface area contributed by atoms with Gasteiger partial charge in [0.2, 0.25) is 0 Å². The molecule has 34 heteroatoms. The van der Waals surface area contributed by atoms with Crippen LogP contribution in [-0.4, -0.2) is 162 Å². The zero-order valence-corrected chi connectivity index (χ0v) is 36.7. The van der Waals surface area contributed by atoms with Crippen LogP contribution >= 0.6 is 0 Å². The predicted molar refractivity (Wildman–Crippen MR) is 158 cm³/mol. The fraction of sp³-hybridized carbons (Fsp3) is 0.600. The van der Waals surface area contributed by atoms with E-state index in [0.29, 0.717) is 14.7 Å². The van der Waals surface area contributed by atoms with Crippen molar-refractivity contribution in [1.29, 1.82) is 0 Å². The molecule has 0 aromatic rings. The van der Waals surface area contributed by atoms with Crippen LogP contribution in [0, 0.1) is 0 Å². The number of aliphatic carboxylic acids is 12. The van der Waals surface area contributed by atoms with Crippen molar-refractivity contribution in [1.82, 2.24) is 14.7 Å². The average Bonchev–Trinajstić information content (AvgIpc) is 3.09. The molecule has 0 aliphatic carbocycles. The molecule has 0 spiro atoms. The van der Waals surface area contributed by atoms with Crippen molar-refractivity contribution in [3.8, 4) is 0 Å². The molecule has 0 heterocycles. The van der Waals surface area contributed by atoms with Gasteiger partial charge in [0.25, 0.3) is 0 Å². The van der Waals surface area contributed by atoms with E-state index in [0.717, 1.165) is 0 Å². The number of hydrogen-bond donors (Lipinski definition) is 3. The van der Waals surface area contributed by atoms with Crippen LogP contribution in [0.25, 0.3) is 0 Å². The van der Waals surface area contributed by atoms with Gasteiger partial charge in [0, 0.05) is 114 Å². The Morgan fingerprint density at radius 1 is 0.281 bits per heavy atom. The van der Waals surface area contributed by atoms with Crippen molar-refractivity contribution in [2.45, 2.75) is 74.8 Å². The molecule has 362 valence electrons. The van der Waals surface area contributed by atoms with Gasteiger partial charge in [0.15, 0.2) is 0 Å². The van der Waals surface area contributed by atoms with Crippen LogP contribution in [0.3, 0.4) is 0 Å². The first kappa shape index (κ1) is 73.9. The fourth-order valence-electron chi connectivity index (χ4n) is 5.00. The van der Waals surface area contributed by atoms with Crippen molar-refractivity contribution < 1.29 is 187 Å². The van der Waals surface area contributed by atoms with Crippen LogP contribution in [0.4, 0.5) is 0 Å². The summed E-state index contributed by atoms with van der Waals surface area (Å²) in [5, 5.41) is 128. The molecule has 64 heavy (non-hydrogen) atoms. The molecular formula is C30H36Fe4N6O24. The Morgan fingerprint density at radius 3 is 0.453 bits per heavy atom. The van der Waals surface area contributed by atoms with E-state index in [1.807, 2.05) is 0 Å². The third-order valence-corrected chi connectivity index (χ3v) is 7.36. The molecule has 0 aromatic heterocycles. The summed E-state index contributed by atoms with van der Waals surface area (Å²) in [4.78, 5) is 130. The largest absolute Gasteiger partial charge is 3.00 e. The molecule has 6 N–H and O–H groups in total. The van der Waals surface area contributed by atoms with Gasteiger partial charge in [-0.15, -0.1) is 0 Å². The Morgan fingerprint density at radius 2 is 0.391 bits per heavy atom. The Balaban J connectivity index is -0.000000148. The Bertz CT molecular complexity index is 1290. The number of nitrogens with zero attached hydrogens (tertiary/aromatic N) is 3. The van der Waals surface area contributed by atoms with E-state index in [2.05, 4.69) is 0 Å². The molecule has 30 nitrogen and oxygen atoms in total. The minimum Gasteiger partial charge on any atom is -0.550 e. The van der Waals surface area contributed by atoms with Gasteiger partial charge in [0.1, 0.15) is 0 Å². The van der Waals surface area contributed by atoms with Gasteiger partial charge in [-0.05, 0) is 0 Å². The minimum atomic E-state index is -1.91. The van der Waals surface area contributed by atoms with E-state index < -0.39 is 166 Å². The van der Waals surface area contributed by atoms with Gasteiger partial charge in [-0.25, -0.2) is 0 Å². The smallest absolute Gasteiger partial charge is 0.550 e. The van der Waals surface area contributed by atoms with Crippen LogP contribution in [0.15, 0.2) is 0 Å². The summed E-state index contributed by atoms with van der Waals surface area (Å²) in [6, 6.07) is -11.5. The van der Waals surface area contributed by atoms with Crippen molar-refractivity contribution in [3.05, 3.63) is 0 Å². The van der Waals surface area contributed by atoms with Crippen LogP contribution in [-0.2, 0) is 126 Å². The molecule has 0 rings (SSSR count). The van der Waals surface area contributed by atoms with Gasteiger partial charge in [-0.1, -0.05) is 0 Å². The van der Waals surface area contributed by atoms with Crippen LogP contribution < -0.4 is 78.5 Å². The maximum Gasteiger partial charge on any atom is 3.00 e. The molecule has 0 fully saturated rings. The van der Waals surface area contributed by atoms with Gasteiger partial charge in [-0.2, -0.15) is 0 Å². The number of nitrogens with two attached hydrogens (primary N) is 3. The van der Waals surface area contributed by atoms with E-state index in [1.54, 1.807) is 0 Å². The van der Waals surface area contributed by atoms with E-state index in [1.165, 1.54) is 0 Å². The number of carboxylic acids is 12. The molecule has 0 saturated carbocycles. The predicted octanol–water partition coefficient (Wildman–Crippen LogP) is -21.7. The molecule has 0 aromatic carbocycles. The normalized spacial score (nSPS) is 12.8. The second-order valence-corrected chi connectivity index (χ2v) is 11.5. The quantitative estimate of drug-likeness (QED) is 0.0562. The summed E-state index contributed by atoms with van der Waals surface area (Å²) in [5.74, 6) is -22.0. The third kappa shape index (κ3) is 31.3. The maximum atomic E-state index is 10.9. The molecule has 0 bridgehead atoms. The van der Waals surface area contributed by atoms with Crippen molar-refractivity contribution in [2.75, 3.05) is 39.3 Å². The van der Waals surface area contributed by atoms with Crippen molar-refractivity contribution in [3.63, 3.8) is 0 Å². The number of hydrogen-bond acceptors (Lipinski definition) is 30. The zero-order valence-electron chi connectivity index (χ0n) is 32.2. The van der Waals surface area contributed by atoms with E-state index >= 15 is 0 Å². The monoisotopic (exact) mass is 1090 g/mol. The Labute approximate surface area is 402 Å². The Kier molecular flexibility index (Phi) is 44.9. The minimum absolute atomic E-state index is 0. The summed E-state index contributed by atoms with van der Waals surface area (Å²) in [5.41, 5.74) is 15.5. The van der Waals surface area contributed by atoms with E-state index in [9.17, 15) is 119 Å². The van der Waals surface area contributed by atoms with Gasteiger partial charge >= 0.3 is 68.3 Å². The van der Waals surface area contributed by atoms with Crippen LogP contribution in [0.1, 0.15) is 38.5 Å². The topological polar surface area (TPSA) is 569 Å². The summed E-state index contributed by atoms with van der Waals surface area (Å²) in [6.07, 6.45) is -6.50. The first-order valence-electron chi connectivity index (χ1n) is 16.4. The average molecular weight is 1090 g/mol. The second kappa shape index (κ2) is 38.9. The molecule has 0 saturated heterocycles. The van der Waals surface area contributed by atoms with E-state index in [4.69, 9.17) is 17.2 Å². The molecule has 4 radical (unpaired) electrons. The molecule has 0 amide bonds. The number of carbonyl (C=O) groups is 12. The van der Waals surface area contributed by atoms with Gasteiger partial charge in [-0.3, -0.25) is 14.7 Å². The van der Waals surface area contributed by atoms with Crippen LogP contribution in [0.5, 0.6) is 0 Å². The summed E-state index contributed by atoms with van der Waals surface area (Å²) in [7, 11) is 0. The van der Waals surface area contributed by atoms with Gasteiger partial charge < -0.3 is 136 Å². The standard InChI is InChI=1S/3C10H16N2O8.4Fe/c3*11-1-2-12(5(9(17)18)3-7(13)14)6(10(19)20)4-8(15)16;;;;/h3*5-6H,1-4,11H2,(H,13,14)(H,15,16)(H,17,18)(H,19,20);;;;/q;;;4*+3/p-12/t3*5-,6-;;;;/m000..../s1. The van der Waals surface area contributed by atoms with Crippen molar-refractivity contribution in [2.24, 2.45) is 17.2 Å².